The molecule has 0 saturated carbocycles. The average molecular weight is 348 g/mol. The molecule has 1 aliphatic heterocycles. The maximum atomic E-state index is 10.8. The van der Waals surface area contributed by atoms with E-state index < -0.39 is 4.92 Å². The van der Waals surface area contributed by atoms with Crippen molar-refractivity contribution >= 4 is 28.0 Å². The Hall–Kier alpha value is -3.15. The molecule has 26 heavy (non-hydrogen) atoms. The van der Waals surface area contributed by atoms with E-state index in [2.05, 4.69) is 52.3 Å². The van der Waals surface area contributed by atoms with E-state index in [9.17, 15) is 10.1 Å². The second kappa shape index (κ2) is 6.63. The lowest BCUT2D eigenvalue weighted by molar-refractivity contribution is -0.385. The van der Waals surface area contributed by atoms with Crippen molar-refractivity contribution < 1.29 is 4.92 Å². The summed E-state index contributed by atoms with van der Waals surface area (Å²) in [6.07, 6.45) is 7.59. The lowest BCUT2D eigenvalue weighted by atomic mass is 9.97. The van der Waals surface area contributed by atoms with Crippen LogP contribution >= 0.6 is 0 Å². The van der Waals surface area contributed by atoms with Crippen LogP contribution in [0.4, 0.5) is 11.5 Å². The predicted molar refractivity (Wildman–Crippen MR) is 103 cm³/mol. The molecule has 0 atom stereocenters. The number of hydrogen-bond donors (Lipinski definition) is 1. The fourth-order valence-electron chi connectivity index (χ4n) is 3.57. The standard InChI is InChI=1S/C20H20N4O2/c1-2-14-4-3-5-17-18(13-22-20(14)17)15-8-10-23(11-9-15)19-7-6-16(12-21-19)24(25)26/h3-8,12-13,22H,2,9-11H2,1H3. The minimum Gasteiger partial charge on any atom is -0.360 e. The summed E-state index contributed by atoms with van der Waals surface area (Å²) in [7, 11) is 0. The van der Waals surface area contributed by atoms with Gasteiger partial charge in [0.1, 0.15) is 12.0 Å². The Kier molecular flexibility index (Phi) is 4.16. The van der Waals surface area contributed by atoms with E-state index >= 15 is 0 Å². The number of rotatable bonds is 4. The fourth-order valence-corrected chi connectivity index (χ4v) is 3.57. The van der Waals surface area contributed by atoms with Crippen LogP contribution in [0.25, 0.3) is 16.5 Å². The van der Waals surface area contributed by atoms with Gasteiger partial charge in [-0.2, -0.15) is 0 Å². The number of hydrogen-bond acceptors (Lipinski definition) is 4. The van der Waals surface area contributed by atoms with Crippen LogP contribution in [0.3, 0.4) is 0 Å². The topological polar surface area (TPSA) is 75.1 Å². The summed E-state index contributed by atoms with van der Waals surface area (Å²) < 4.78 is 0. The van der Waals surface area contributed by atoms with Crippen molar-refractivity contribution in [1.82, 2.24) is 9.97 Å². The first-order valence-electron chi connectivity index (χ1n) is 8.81. The third kappa shape index (κ3) is 2.83. The van der Waals surface area contributed by atoms with Crippen LogP contribution in [0.1, 0.15) is 24.5 Å². The molecule has 0 bridgehead atoms. The Morgan fingerprint density at radius 1 is 1.31 bits per heavy atom. The fraction of sp³-hybridized carbons (Fsp3) is 0.250. The molecule has 0 spiro atoms. The average Bonchev–Trinajstić information content (AvgIpc) is 3.12. The van der Waals surface area contributed by atoms with Crippen molar-refractivity contribution in [2.45, 2.75) is 19.8 Å². The summed E-state index contributed by atoms with van der Waals surface area (Å²) in [4.78, 5) is 20.1. The zero-order chi connectivity index (χ0) is 18.1. The van der Waals surface area contributed by atoms with Crippen LogP contribution in [-0.2, 0) is 6.42 Å². The molecular weight excluding hydrogens is 328 g/mol. The van der Waals surface area contributed by atoms with Gasteiger partial charge in [-0.1, -0.05) is 31.2 Å². The van der Waals surface area contributed by atoms with Gasteiger partial charge in [0.2, 0.25) is 0 Å². The molecule has 4 rings (SSSR count). The van der Waals surface area contributed by atoms with Crippen molar-refractivity contribution in [3.63, 3.8) is 0 Å². The minimum atomic E-state index is -0.424. The molecule has 0 fully saturated rings. The van der Waals surface area contributed by atoms with Gasteiger partial charge in [-0.25, -0.2) is 4.98 Å². The minimum absolute atomic E-state index is 0.0208. The molecule has 0 amide bonds. The van der Waals surface area contributed by atoms with E-state index in [0.29, 0.717) is 0 Å². The number of para-hydroxylation sites is 1. The zero-order valence-electron chi connectivity index (χ0n) is 14.6. The molecule has 0 aliphatic carbocycles. The third-order valence-corrected chi connectivity index (χ3v) is 5.00. The smallest absolute Gasteiger partial charge is 0.287 e. The van der Waals surface area contributed by atoms with Crippen molar-refractivity contribution in [2.75, 3.05) is 18.0 Å². The Labute approximate surface area is 151 Å². The zero-order valence-corrected chi connectivity index (χ0v) is 14.6. The van der Waals surface area contributed by atoms with E-state index in [1.807, 2.05) is 0 Å². The summed E-state index contributed by atoms with van der Waals surface area (Å²) in [6, 6.07) is 9.68. The number of H-pyrrole nitrogens is 1. The molecule has 0 saturated heterocycles. The Morgan fingerprint density at radius 2 is 2.19 bits per heavy atom. The highest BCUT2D eigenvalue weighted by molar-refractivity contribution is 5.94. The van der Waals surface area contributed by atoms with Gasteiger partial charge in [0, 0.05) is 41.8 Å². The second-order valence-electron chi connectivity index (χ2n) is 6.45. The lowest BCUT2D eigenvalue weighted by Crippen LogP contribution is -2.28. The van der Waals surface area contributed by atoms with Gasteiger partial charge in [0.25, 0.3) is 5.69 Å². The van der Waals surface area contributed by atoms with E-state index in [-0.39, 0.29) is 5.69 Å². The highest BCUT2D eigenvalue weighted by Crippen LogP contribution is 2.31. The normalized spacial score (nSPS) is 14.5. The summed E-state index contributed by atoms with van der Waals surface area (Å²) in [5.41, 5.74) is 5.19. The molecule has 1 aromatic carbocycles. The quantitative estimate of drug-likeness (QED) is 0.562. The molecule has 2 aromatic heterocycles. The number of pyridine rings is 1. The first-order chi connectivity index (χ1) is 12.7. The number of aryl methyl sites for hydroxylation is 1. The molecule has 3 aromatic rings. The Balaban J connectivity index is 1.57. The van der Waals surface area contributed by atoms with Crippen LogP contribution in [0.2, 0.25) is 0 Å². The lowest BCUT2D eigenvalue weighted by Gasteiger charge is -2.27. The number of nitrogens with zero attached hydrogens (tertiary/aromatic N) is 3. The highest BCUT2D eigenvalue weighted by atomic mass is 16.6. The number of aromatic amines is 1. The molecule has 3 heterocycles. The van der Waals surface area contributed by atoms with E-state index in [0.717, 1.165) is 31.7 Å². The van der Waals surface area contributed by atoms with E-state index in [1.54, 1.807) is 6.07 Å². The van der Waals surface area contributed by atoms with Gasteiger partial charge in [0.05, 0.1) is 4.92 Å². The van der Waals surface area contributed by atoms with Crippen LogP contribution in [0.15, 0.2) is 48.8 Å². The molecule has 0 unspecified atom stereocenters. The van der Waals surface area contributed by atoms with E-state index in [4.69, 9.17) is 0 Å². The number of aromatic nitrogens is 2. The van der Waals surface area contributed by atoms with Crippen LogP contribution in [0, 0.1) is 10.1 Å². The number of nitrogens with one attached hydrogen (secondary N) is 1. The molecular formula is C20H20N4O2. The molecule has 1 aliphatic rings. The number of anilines is 1. The Bertz CT molecular complexity index is 989. The first kappa shape index (κ1) is 16.3. The molecule has 1 N–H and O–H groups in total. The summed E-state index contributed by atoms with van der Waals surface area (Å²) in [6.45, 7) is 3.77. The number of fused-ring (bicyclic) bond motifs is 1. The van der Waals surface area contributed by atoms with Gasteiger partial charge < -0.3 is 9.88 Å². The molecule has 132 valence electrons. The maximum absolute atomic E-state index is 10.8. The summed E-state index contributed by atoms with van der Waals surface area (Å²) in [5, 5.41) is 12.0. The Morgan fingerprint density at radius 3 is 2.85 bits per heavy atom. The van der Waals surface area contributed by atoms with Gasteiger partial charge in [-0.15, -0.1) is 0 Å². The molecule has 6 nitrogen and oxygen atoms in total. The van der Waals surface area contributed by atoms with Gasteiger partial charge in [-0.3, -0.25) is 10.1 Å². The summed E-state index contributed by atoms with van der Waals surface area (Å²) >= 11 is 0. The third-order valence-electron chi connectivity index (χ3n) is 5.00. The van der Waals surface area contributed by atoms with Gasteiger partial charge in [0.15, 0.2) is 0 Å². The van der Waals surface area contributed by atoms with Gasteiger partial charge in [-0.05, 0) is 30.0 Å². The van der Waals surface area contributed by atoms with Crippen molar-refractivity contribution in [3.05, 3.63) is 70.0 Å². The van der Waals surface area contributed by atoms with Crippen LogP contribution < -0.4 is 4.90 Å². The number of nitro groups is 1. The van der Waals surface area contributed by atoms with Crippen molar-refractivity contribution in [2.24, 2.45) is 0 Å². The maximum Gasteiger partial charge on any atom is 0.287 e. The molecule has 6 heteroatoms. The van der Waals surface area contributed by atoms with E-state index in [1.165, 1.54) is 39.9 Å². The van der Waals surface area contributed by atoms with Crippen LogP contribution in [-0.4, -0.2) is 28.0 Å². The number of benzene rings is 1. The molecule has 0 radical (unpaired) electrons. The SMILES string of the molecule is CCc1cccc2c(C3=CCN(c4ccc([N+](=O)[O-])cn4)CC3)c[nH]c12. The summed E-state index contributed by atoms with van der Waals surface area (Å²) in [5.74, 6) is 0.776. The van der Waals surface area contributed by atoms with Crippen LogP contribution in [0.5, 0.6) is 0 Å². The van der Waals surface area contributed by atoms with Crippen molar-refractivity contribution in [1.29, 1.82) is 0 Å². The monoisotopic (exact) mass is 348 g/mol. The van der Waals surface area contributed by atoms with Gasteiger partial charge >= 0.3 is 0 Å². The predicted octanol–water partition coefficient (Wildman–Crippen LogP) is 4.33. The van der Waals surface area contributed by atoms with Crippen molar-refractivity contribution in [3.8, 4) is 0 Å². The first-order valence-corrected chi connectivity index (χ1v) is 8.81. The highest BCUT2D eigenvalue weighted by Gasteiger charge is 2.18. The largest absolute Gasteiger partial charge is 0.360 e. The second-order valence-corrected chi connectivity index (χ2v) is 6.45.